The third-order valence-electron chi connectivity index (χ3n) is 4.57. The van der Waals surface area contributed by atoms with Crippen LogP contribution in [0, 0.1) is 13.8 Å². The summed E-state index contributed by atoms with van der Waals surface area (Å²) in [5, 5.41) is 11.8. The van der Waals surface area contributed by atoms with E-state index in [2.05, 4.69) is 20.5 Å². The Balaban J connectivity index is 1.81. The van der Waals surface area contributed by atoms with Crippen molar-refractivity contribution in [2.75, 3.05) is 13.7 Å². The maximum absolute atomic E-state index is 13.1. The number of ketones is 1. The highest BCUT2D eigenvalue weighted by Crippen LogP contribution is 2.28. The smallest absolute Gasteiger partial charge is 0.340 e. The summed E-state index contributed by atoms with van der Waals surface area (Å²) < 4.78 is 11.8. The second-order valence-corrected chi connectivity index (χ2v) is 7.85. The fourth-order valence-electron chi connectivity index (χ4n) is 3.06. The van der Waals surface area contributed by atoms with Gasteiger partial charge in [0.25, 0.3) is 0 Å². The van der Waals surface area contributed by atoms with Crippen LogP contribution in [0.15, 0.2) is 29.4 Å². The number of nitrogens with one attached hydrogen (secondary N) is 1. The monoisotopic (exact) mass is 429 g/mol. The lowest BCUT2D eigenvalue weighted by Crippen LogP contribution is -2.16. The quantitative estimate of drug-likeness (QED) is 0.330. The molecular weight excluding hydrogens is 406 g/mol. The molecule has 9 nitrogen and oxygen atoms in total. The fourth-order valence-corrected chi connectivity index (χ4v) is 3.93. The van der Waals surface area contributed by atoms with Gasteiger partial charge in [-0.2, -0.15) is 4.68 Å². The number of aromatic amines is 1. The van der Waals surface area contributed by atoms with Crippen LogP contribution in [0.1, 0.15) is 46.0 Å². The number of aryl methyl sites for hydroxylation is 1. The van der Waals surface area contributed by atoms with Gasteiger partial charge in [0.15, 0.2) is 5.78 Å². The predicted octanol–water partition coefficient (Wildman–Crippen LogP) is 3.16. The molecule has 1 atom stereocenters. The summed E-state index contributed by atoms with van der Waals surface area (Å²) >= 11 is 1.24. The van der Waals surface area contributed by atoms with Crippen LogP contribution in [0.4, 0.5) is 0 Å². The summed E-state index contributed by atoms with van der Waals surface area (Å²) in [6.45, 7) is 7.28. The van der Waals surface area contributed by atoms with E-state index in [1.54, 1.807) is 39.5 Å². The molecule has 0 bridgehead atoms. The van der Waals surface area contributed by atoms with Gasteiger partial charge in [-0.25, -0.2) is 4.79 Å². The minimum absolute atomic E-state index is 0.152. The molecule has 0 aliphatic heterocycles. The van der Waals surface area contributed by atoms with Crippen molar-refractivity contribution in [2.24, 2.45) is 0 Å². The number of rotatable bonds is 8. The van der Waals surface area contributed by atoms with E-state index in [1.165, 1.54) is 11.8 Å². The lowest BCUT2D eigenvalue weighted by molar-refractivity contribution is 0.0525. The Hall–Kier alpha value is -3.14. The van der Waals surface area contributed by atoms with E-state index >= 15 is 0 Å². The number of carbonyl (C=O) groups is 2. The Bertz CT molecular complexity index is 1060. The van der Waals surface area contributed by atoms with Gasteiger partial charge in [-0.1, -0.05) is 11.8 Å². The molecule has 0 amide bonds. The molecule has 0 spiro atoms. The van der Waals surface area contributed by atoms with Gasteiger partial charge in [0.05, 0.1) is 35.9 Å². The zero-order valence-electron chi connectivity index (χ0n) is 17.4. The van der Waals surface area contributed by atoms with Crippen molar-refractivity contribution in [1.82, 2.24) is 25.2 Å². The van der Waals surface area contributed by atoms with Crippen LogP contribution in [0.5, 0.6) is 5.75 Å². The Kier molecular flexibility index (Phi) is 6.56. The number of hydrogen-bond donors (Lipinski definition) is 1. The standard InChI is InChI=1S/C20H23N5O4S/c1-6-29-19(27)16-11(2)17(21-12(16)3)18(26)13(4)30-20-22-23-24-25(20)14-7-9-15(28-5)10-8-14/h7-10,13,21H,6H2,1-5H3. The van der Waals surface area contributed by atoms with Gasteiger partial charge in [-0.3, -0.25) is 4.79 Å². The van der Waals surface area contributed by atoms with Gasteiger partial charge in [-0.15, -0.1) is 5.10 Å². The molecule has 30 heavy (non-hydrogen) atoms. The van der Waals surface area contributed by atoms with Crippen molar-refractivity contribution in [2.45, 2.75) is 38.1 Å². The second-order valence-electron chi connectivity index (χ2n) is 6.54. The largest absolute Gasteiger partial charge is 0.497 e. The van der Waals surface area contributed by atoms with E-state index in [0.29, 0.717) is 27.7 Å². The molecule has 0 aliphatic carbocycles. The number of benzene rings is 1. The summed E-state index contributed by atoms with van der Waals surface area (Å²) in [5.74, 6) is 0.131. The van der Waals surface area contributed by atoms with Crippen LogP contribution in [-0.2, 0) is 4.74 Å². The van der Waals surface area contributed by atoms with Crippen molar-refractivity contribution in [3.8, 4) is 11.4 Å². The molecule has 1 N–H and O–H groups in total. The average Bonchev–Trinajstić information content (AvgIpc) is 3.31. The molecule has 3 aromatic rings. The Morgan fingerprint density at radius 2 is 1.93 bits per heavy atom. The second kappa shape index (κ2) is 9.12. The predicted molar refractivity (Wildman–Crippen MR) is 112 cm³/mol. The van der Waals surface area contributed by atoms with Gasteiger partial charge in [0.2, 0.25) is 5.16 Å². The minimum atomic E-state index is -0.486. The highest BCUT2D eigenvalue weighted by atomic mass is 32.2. The zero-order chi connectivity index (χ0) is 21.8. The molecule has 0 radical (unpaired) electrons. The summed E-state index contributed by atoms with van der Waals surface area (Å²) in [6, 6.07) is 7.27. The zero-order valence-corrected chi connectivity index (χ0v) is 18.2. The molecule has 10 heteroatoms. The molecule has 0 saturated carbocycles. The molecule has 1 unspecified atom stereocenters. The summed E-state index contributed by atoms with van der Waals surface area (Å²) in [7, 11) is 1.60. The van der Waals surface area contributed by atoms with Crippen molar-refractivity contribution >= 4 is 23.5 Å². The van der Waals surface area contributed by atoms with Crippen molar-refractivity contribution in [3.63, 3.8) is 0 Å². The van der Waals surface area contributed by atoms with Gasteiger partial charge < -0.3 is 14.5 Å². The van der Waals surface area contributed by atoms with Crippen LogP contribution in [-0.4, -0.2) is 55.9 Å². The number of esters is 1. The lowest BCUT2D eigenvalue weighted by Gasteiger charge is -2.10. The SMILES string of the molecule is CCOC(=O)c1c(C)[nH]c(C(=O)C(C)Sc2nnnn2-c2ccc(OC)cc2)c1C. The van der Waals surface area contributed by atoms with Gasteiger partial charge in [0.1, 0.15) is 5.75 Å². The maximum Gasteiger partial charge on any atom is 0.340 e. The van der Waals surface area contributed by atoms with Crippen LogP contribution in [0.2, 0.25) is 0 Å². The molecule has 3 rings (SSSR count). The van der Waals surface area contributed by atoms with E-state index in [9.17, 15) is 9.59 Å². The van der Waals surface area contributed by atoms with Crippen LogP contribution < -0.4 is 4.74 Å². The number of tetrazole rings is 1. The fraction of sp³-hybridized carbons (Fsp3) is 0.350. The molecule has 0 aliphatic rings. The van der Waals surface area contributed by atoms with Crippen molar-refractivity contribution < 1.29 is 19.1 Å². The van der Waals surface area contributed by atoms with Crippen LogP contribution in [0.25, 0.3) is 5.69 Å². The molecular formula is C20H23N5O4S. The first kappa shape index (κ1) is 21.6. The van der Waals surface area contributed by atoms with Gasteiger partial charge >= 0.3 is 5.97 Å². The summed E-state index contributed by atoms with van der Waals surface area (Å²) in [6.07, 6.45) is 0. The number of thioether (sulfide) groups is 1. The van der Waals surface area contributed by atoms with E-state index in [1.807, 2.05) is 24.3 Å². The summed E-state index contributed by atoms with van der Waals surface area (Å²) in [4.78, 5) is 28.3. The van der Waals surface area contributed by atoms with Crippen LogP contribution in [0.3, 0.4) is 0 Å². The minimum Gasteiger partial charge on any atom is -0.497 e. The highest BCUT2D eigenvalue weighted by molar-refractivity contribution is 8.00. The molecule has 0 fully saturated rings. The van der Waals surface area contributed by atoms with E-state index in [-0.39, 0.29) is 12.4 Å². The Morgan fingerprint density at radius 3 is 2.57 bits per heavy atom. The third-order valence-corrected chi connectivity index (χ3v) is 5.61. The topological polar surface area (TPSA) is 112 Å². The van der Waals surface area contributed by atoms with E-state index in [0.717, 1.165) is 11.4 Å². The number of hydrogen-bond acceptors (Lipinski definition) is 8. The first-order valence-corrected chi connectivity index (χ1v) is 10.2. The van der Waals surface area contributed by atoms with Crippen molar-refractivity contribution in [1.29, 1.82) is 0 Å². The van der Waals surface area contributed by atoms with Gasteiger partial charge in [0, 0.05) is 5.69 Å². The highest BCUT2D eigenvalue weighted by Gasteiger charge is 2.27. The van der Waals surface area contributed by atoms with E-state index < -0.39 is 11.2 Å². The van der Waals surface area contributed by atoms with Crippen LogP contribution >= 0.6 is 11.8 Å². The molecule has 0 saturated heterocycles. The number of aromatic nitrogens is 5. The number of carbonyl (C=O) groups excluding carboxylic acids is 2. The van der Waals surface area contributed by atoms with E-state index in [4.69, 9.17) is 9.47 Å². The summed E-state index contributed by atoms with van der Waals surface area (Å²) in [5.41, 5.74) is 2.73. The molecule has 2 aromatic heterocycles. The number of Topliss-reactive ketones (excluding diaryl/α,β-unsaturated/α-hetero) is 1. The average molecular weight is 430 g/mol. The first-order valence-electron chi connectivity index (χ1n) is 9.37. The number of H-pyrrole nitrogens is 1. The number of methoxy groups -OCH3 is 1. The number of nitrogens with zero attached hydrogens (tertiary/aromatic N) is 4. The lowest BCUT2D eigenvalue weighted by atomic mass is 10.1. The third kappa shape index (κ3) is 4.23. The number of ether oxygens (including phenoxy) is 2. The Labute approximate surface area is 178 Å². The van der Waals surface area contributed by atoms with Crippen molar-refractivity contribution in [3.05, 3.63) is 46.8 Å². The molecule has 1 aromatic carbocycles. The molecule has 2 heterocycles. The first-order chi connectivity index (χ1) is 14.4. The Morgan fingerprint density at radius 1 is 1.23 bits per heavy atom. The maximum atomic E-state index is 13.1. The normalized spacial score (nSPS) is 11.9. The van der Waals surface area contributed by atoms with Gasteiger partial charge in [-0.05, 0) is 68.0 Å². The molecule has 158 valence electrons.